The van der Waals surface area contributed by atoms with Crippen molar-refractivity contribution in [3.63, 3.8) is 0 Å². The van der Waals surface area contributed by atoms with E-state index in [9.17, 15) is 39.3 Å². The molecule has 236 valence electrons. The van der Waals surface area contributed by atoms with Gasteiger partial charge in [-0.2, -0.15) is 0 Å². The number of amides is 3. The van der Waals surface area contributed by atoms with Crippen LogP contribution in [0.15, 0.2) is 67.3 Å². The number of H-pyrrole nitrogens is 2. The quantitative estimate of drug-likeness (QED) is 0.0858. The molecule has 0 aliphatic carbocycles. The number of carboxylic acid groups (broad SMARTS) is 2. The van der Waals surface area contributed by atoms with Gasteiger partial charge in [0.05, 0.1) is 18.8 Å². The molecule has 4 aromatic rings. The molecular formula is C30H33N7O8. The summed E-state index contributed by atoms with van der Waals surface area (Å²) in [5, 5.41) is 36.9. The van der Waals surface area contributed by atoms with Gasteiger partial charge in [-0.3, -0.25) is 19.2 Å². The van der Waals surface area contributed by atoms with E-state index in [1.807, 2.05) is 12.1 Å². The van der Waals surface area contributed by atoms with Crippen LogP contribution in [0, 0.1) is 0 Å². The zero-order valence-corrected chi connectivity index (χ0v) is 23.9. The predicted octanol–water partition coefficient (Wildman–Crippen LogP) is -0.0345. The lowest BCUT2D eigenvalue weighted by molar-refractivity contribution is -0.143. The minimum absolute atomic E-state index is 0.0126. The molecule has 4 atom stereocenters. The normalized spacial score (nSPS) is 13.7. The first-order valence-corrected chi connectivity index (χ1v) is 13.9. The van der Waals surface area contributed by atoms with E-state index in [0.717, 1.165) is 10.9 Å². The van der Waals surface area contributed by atoms with Gasteiger partial charge in [-0.05, 0) is 29.3 Å². The van der Waals surface area contributed by atoms with Gasteiger partial charge in [0, 0.05) is 48.3 Å². The monoisotopic (exact) mass is 619 g/mol. The minimum atomic E-state index is -1.60. The summed E-state index contributed by atoms with van der Waals surface area (Å²) in [6.45, 7) is 0. The number of carboxylic acids is 2. The highest BCUT2D eigenvalue weighted by Crippen LogP contribution is 2.20. The Morgan fingerprint density at radius 2 is 1.47 bits per heavy atom. The summed E-state index contributed by atoms with van der Waals surface area (Å²) in [5.74, 6) is -5.38. The molecule has 15 nitrogen and oxygen atoms in total. The molecule has 3 amide bonds. The number of aliphatic carboxylic acids is 2. The average Bonchev–Trinajstić information content (AvgIpc) is 3.66. The number of hydrogen-bond donors (Lipinski definition) is 9. The molecular weight excluding hydrogens is 586 g/mol. The number of nitrogens with zero attached hydrogens (tertiary/aromatic N) is 1. The first-order chi connectivity index (χ1) is 21.5. The molecule has 0 aliphatic rings. The van der Waals surface area contributed by atoms with E-state index >= 15 is 0 Å². The van der Waals surface area contributed by atoms with Crippen LogP contribution < -0.4 is 21.7 Å². The Morgan fingerprint density at radius 3 is 2.13 bits per heavy atom. The summed E-state index contributed by atoms with van der Waals surface area (Å²) in [6, 6.07) is 7.49. The zero-order chi connectivity index (χ0) is 32.5. The van der Waals surface area contributed by atoms with E-state index in [2.05, 4.69) is 30.9 Å². The predicted molar refractivity (Wildman–Crippen MR) is 160 cm³/mol. The molecule has 0 bridgehead atoms. The van der Waals surface area contributed by atoms with Crippen LogP contribution in [0.5, 0.6) is 5.75 Å². The average molecular weight is 620 g/mol. The van der Waals surface area contributed by atoms with Crippen molar-refractivity contribution in [1.29, 1.82) is 0 Å². The van der Waals surface area contributed by atoms with E-state index in [0.29, 0.717) is 16.8 Å². The van der Waals surface area contributed by atoms with Gasteiger partial charge in [0.25, 0.3) is 0 Å². The Bertz CT molecular complexity index is 1650. The number of phenols is 1. The lowest BCUT2D eigenvalue weighted by Gasteiger charge is -2.25. The summed E-state index contributed by atoms with van der Waals surface area (Å²) in [6.07, 6.45) is 3.52. The molecule has 2 aromatic carbocycles. The van der Waals surface area contributed by atoms with Crippen LogP contribution in [0.3, 0.4) is 0 Å². The SMILES string of the molecule is NC(Cc1cnc[nH]1)C(=O)NC(CC(=O)O)C(=O)NC(Cc1c[nH]c2ccccc12)C(=O)NC(Cc1ccc(O)cc1)C(=O)O. The van der Waals surface area contributed by atoms with Crippen molar-refractivity contribution >= 4 is 40.6 Å². The number of aromatic nitrogens is 3. The van der Waals surface area contributed by atoms with Gasteiger partial charge in [-0.15, -0.1) is 0 Å². The van der Waals surface area contributed by atoms with E-state index in [1.54, 1.807) is 18.3 Å². The van der Waals surface area contributed by atoms with E-state index in [-0.39, 0.29) is 25.0 Å². The Balaban J connectivity index is 1.55. The van der Waals surface area contributed by atoms with Crippen LogP contribution >= 0.6 is 0 Å². The molecule has 2 heterocycles. The third kappa shape index (κ3) is 8.90. The van der Waals surface area contributed by atoms with Gasteiger partial charge in [-0.1, -0.05) is 30.3 Å². The molecule has 0 radical (unpaired) electrons. The molecule has 2 aromatic heterocycles. The third-order valence-electron chi connectivity index (χ3n) is 7.07. The largest absolute Gasteiger partial charge is 0.508 e. The Morgan fingerprint density at radius 1 is 0.800 bits per heavy atom. The molecule has 45 heavy (non-hydrogen) atoms. The van der Waals surface area contributed by atoms with Crippen molar-refractivity contribution in [2.75, 3.05) is 0 Å². The van der Waals surface area contributed by atoms with Gasteiger partial charge in [0.2, 0.25) is 17.7 Å². The molecule has 0 saturated carbocycles. The number of carbonyl (C=O) groups is 5. The lowest BCUT2D eigenvalue weighted by Crippen LogP contribution is -2.58. The van der Waals surface area contributed by atoms with E-state index < -0.39 is 60.2 Å². The highest BCUT2D eigenvalue weighted by Gasteiger charge is 2.32. The third-order valence-corrected chi connectivity index (χ3v) is 7.07. The van der Waals surface area contributed by atoms with Gasteiger partial charge in [0.1, 0.15) is 23.9 Å². The number of imidazole rings is 1. The van der Waals surface area contributed by atoms with Crippen LogP contribution in [0.2, 0.25) is 0 Å². The minimum Gasteiger partial charge on any atom is -0.508 e. The van der Waals surface area contributed by atoms with Crippen LogP contribution in [0.25, 0.3) is 10.9 Å². The second kappa shape index (κ2) is 14.7. The number of aromatic amines is 2. The molecule has 0 fully saturated rings. The summed E-state index contributed by atoms with van der Waals surface area (Å²) >= 11 is 0. The number of benzene rings is 2. The number of nitrogens with one attached hydrogen (secondary N) is 5. The number of nitrogens with two attached hydrogens (primary N) is 1. The van der Waals surface area contributed by atoms with Crippen LogP contribution in [0.4, 0.5) is 0 Å². The molecule has 4 rings (SSSR count). The number of phenolic OH excluding ortho intramolecular Hbond substituents is 1. The lowest BCUT2D eigenvalue weighted by atomic mass is 10.0. The van der Waals surface area contributed by atoms with Crippen molar-refractivity contribution in [1.82, 2.24) is 30.9 Å². The number of rotatable bonds is 15. The van der Waals surface area contributed by atoms with Crippen LogP contribution in [-0.2, 0) is 43.2 Å². The number of hydrogen-bond acceptors (Lipinski definition) is 8. The summed E-state index contributed by atoms with van der Waals surface area (Å²) in [4.78, 5) is 73.2. The zero-order valence-electron chi connectivity index (χ0n) is 23.9. The van der Waals surface area contributed by atoms with E-state index in [4.69, 9.17) is 5.73 Å². The molecule has 0 aliphatic heterocycles. The molecule has 10 N–H and O–H groups in total. The van der Waals surface area contributed by atoms with Gasteiger partial charge >= 0.3 is 11.9 Å². The van der Waals surface area contributed by atoms with Crippen molar-refractivity contribution in [2.24, 2.45) is 5.73 Å². The summed E-state index contributed by atoms with van der Waals surface area (Å²) < 4.78 is 0. The fraction of sp³-hybridized carbons (Fsp3) is 0.267. The van der Waals surface area contributed by atoms with Crippen molar-refractivity contribution in [2.45, 2.75) is 49.9 Å². The van der Waals surface area contributed by atoms with Gasteiger partial charge in [-0.25, -0.2) is 9.78 Å². The van der Waals surface area contributed by atoms with Crippen LogP contribution in [-0.4, -0.2) is 84.1 Å². The fourth-order valence-corrected chi connectivity index (χ4v) is 4.73. The number of aromatic hydroxyl groups is 1. The summed E-state index contributed by atoms with van der Waals surface area (Å²) in [5.41, 5.74) is 8.41. The topological polar surface area (TPSA) is 253 Å². The molecule has 0 spiro atoms. The Hall–Kier alpha value is -5.70. The fourth-order valence-electron chi connectivity index (χ4n) is 4.73. The van der Waals surface area contributed by atoms with Crippen molar-refractivity contribution in [3.05, 3.63) is 84.1 Å². The molecule has 4 unspecified atom stereocenters. The highest BCUT2D eigenvalue weighted by atomic mass is 16.4. The first-order valence-electron chi connectivity index (χ1n) is 13.9. The smallest absolute Gasteiger partial charge is 0.326 e. The first kappa shape index (κ1) is 32.2. The maximum absolute atomic E-state index is 13.6. The second-order valence-corrected chi connectivity index (χ2v) is 10.4. The van der Waals surface area contributed by atoms with Gasteiger partial charge < -0.3 is 47.0 Å². The van der Waals surface area contributed by atoms with E-state index in [1.165, 1.54) is 36.8 Å². The second-order valence-electron chi connectivity index (χ2n) is 10.4. The van der Waals surface area contributed by atoms with Crippen LogP contribution in [0.1, 0.15) is 23.2 Å². The Labute approximate surface area is 256 Å². The number of fused-ring (bicyclic) bond motifs is 1. The maximum atomic E-state index is 13.6. The van der Waals surface area contributed by atoms with Crippen molar-refractivity contribution < 1.29 is 39.3 Å². The maximum Gasteiger partial charge on any atom is 0.326 e. The molecule has 0 saturated heterocycles. The standard InChI is InChI=1S/C30H33N7O8/c31-21(11-18-14-32-15-34-18)27(41)35-24(12-26(39)40)29(43)36-23(10-17-13-33-22-4-2-1-3-20(17)22)28(42)37-25(30(44)45)9-16-5-7-19(38)8-6-16/h1-8,13-15,21,23-25,33,38H,9-12,31H2,(H,32,34)(H,35,41)(H,36,43)(H,37,42)(H,39,40)(H,44,45). The molecule has 15 heteroatoms. The van der Waals surface area contributed by atoms with Gasteiger partial charge in [0.15, 0.2) is 0 Å². The number of para-hydroxylation sites is 1. The van der Waals surface area contributed by atoms with Crippen molar-refractivity contribution in [3.8, 4) is 5.75 Å². The summed E-state index contributed by atoms with van der Waals surface area (Å²) in [7, 11) is 0. The highest BCUT2D eigenvalue weighted by molar-refractivity contribution is 5.96. The number of carbonyl (C=O) groups excluding carboxylic acids is 3. The Kier molecular flexibility index (Phi) is 10.5.